The third-order valence-corrected chi connectivity index (χ3v) is 4.26. The molecule has 1 aliphatic rings. The second-order valence-electron chi connectivity index (χ2n) is 8.00. The average Bonchev–Trinajstić information content (AvgIpc) is 2.60. The summed E-state index contributed by atoms with van der Waals surface area (Å²) < 4.78 is 49.9. The number of benzene rings is 1. The van der Waals surface area contributed by atoms with E-state index < -0.39 is 29.3 Å². The molecular formula is C20H27F3N2O4. The molecule has 1 saturated carbocycles. The lowest BCUT2D eigenvalue weighted by Crippen LogP contribution is -2.28. The highest BCUT2D eigenvalue weighted by atomic mass is 19.4. The Morgan fingerprint density at radius 1 is 1.03 bits per heavy atom. The van der Waals surface area contributed by atoms with Crippen LogP contribution >= 0.6 is 0 Å². The summed E-state index contributed by atoms with van der Waals surface area (Å²) in [6, 6.07) is 2.66. The van der Waals surface area contributed by atoms with Gasteiger partial charge in [0, 0.05) is 0 Å². The molecule has 1 aromatic rings. The summed E-state index contributed by atoms with van der Waals surface area (Å²) >= 11 is 0. The van der Waals surface area contributed by atoms with E-state index in [1.807, 2.05) is 0 Å². The molecule has 1 fully saturated rings. The van der Waals surface area contributed by atoms with Gasteiger partial charge in [0.15, 0.2) is 0 Å². The number of carbonyl (C=O) groups is 2. The van der Waals surface area contributed by atoms with E-state index in [-0.39, 0.29) is 24.1 Å². The summed E-state index contributed by atoms with van der Waals surface area (Å²) in [4.78, 5) is 24.2. The number of ether oxygens (including phenoxy) is 2. The predicted molar refractivity (Wildman–Crippen MR) is 103 cm³/mol. The van der Waals surface area contributed by atoms with Crippen molar-refractivity contribution in [1.29, 1.82) is 0 Å². The lowest BCUT2D eigenvalue weighted by Gasteiger charge is -2.22. The number of carbonyl (C=O) groups excluding carboxylic acids is 2. The van der Waals surface area contributed by atoms with E-state index in [2.05, 4.69) is 10.6 Å². The molecule has 0 unspecified atom stereocenters. The molecule has 1 aromatic carbocycles. The predicted octanol–water partition coefficient (Wildman–Crippen LogP) is 5.34. The van der Waals surface area contributed by atoms with Crippen LogP contribution in [0, 0.1) is 0 Å². The monoisotopic (exact) mass is 416 g/mol. The highest BCUT2D eigenvalue weighted by Crippen LogP contribution is 2.34. The lowest BCUT2D eigenvalue weighted by atomic mass is 9.98. The number of rotatable bonds is 5. The van der Waals surface area contributed by atoms with Gasteiger partial charge in [-0.2, -0.15) is 13.2 Å². The van der Waals surface area contributed by atoms with Crippen LogP contribution in [0.1, 0.15) is 58.4 Å². The van der Waals surface area contributed by atoms with Crippen LogP contribution < -0.4 is 10.6 Å². The molecule has 0 heterocycles. The first kappa shape index (κ1) is 23.0. The summed E-state index contributed by atoms with van der Waals surface area (Å²) in [6.07, 6.45) is -0.529. The van der Waals surface area contributed by atoms with Crippen molar-refractivity contribution in [3.63, 3.8) is 0 Å². The summed E-state index contributed by atoms with van der Waals surface area (Å²) in [5.41, 5.74) is -1.91. The zero-order chi connectivity index (χ0) is 21.7. The highest BCUT2D eigenvalue weighted by molar-refractivity contribution is 5.98. The Kier molecular flexibility index (Phi) is 7.51. The number of nitrogens with one attached hydrogen (secondary N) is 2. The van der Waals surface area contributed by atoms with Gasteiger partial charge in [0.05, 0.1) is 23.0 Å². The van der Waals surface area contributed by atoms with E-state index in [4.69, 9.17) is 9.47 Å². The molecule has 0 bridgehead atoms. The quantitative estimate of drug-likeness (QED) is 0.679. The van der Waals surface area contributed by atoms with Crippen LogP contribution in [0.2, 0.25) is 0 Å². The van der Waals surface area contributed by atoms with Crippen molar-refractivity contribution >= 4 is 23.4 Å². The van der Waals surface area contributed by atoms with Crippen LogP contribution in [0.15, 0.2) is 18.2 Å². The summed E-state index contributed by atoms with van der Waals surface area (Å²) in [5.74, 6) is -0.595. The SMILES string of the molecule is CC(C)(C)OC(=O)Nc1ccc(C(F)(F)F)cc1NC(=O)COC1CCCCC1. The first-order valence-electron chi connectivity index (χ1n) is 9.57. The molecule has 2 amide bonds. The lowest BCUT2D eigenvalue weighted by molar-refractivity contribution is -0.137. The van der Waals surface area contributed by atoms with E-state index >= 15 is 0 Å². The number of halogens is 3. The van der Waals surface area contributed by atoms with E-state index in [0.29, 0.717) is 0 Å². The van der Waals surface area contributed by atoms with E-state index in [9.17, 15) is 22.8 Å². The largest absolute Gasteiger partial charge is 0.444 e. The Balaban J connectivity index is 2.10. The summed E-state index contributed by atoms with van der Waals surface area (Å²) in [6.45, 7) is 4.70. The van der Waals surface area contributed by atoms with Crippen molar-refractivity contribution < 1.29 is 32.2 Å². The first-order chi connectivity index (χ1) is 13.4. The number of amides is 2. The van der Waals surface area contributed by atoms with Gasteiger partial charge in [-0.3, -0.25) is 10.1 Å². The fourth-order valence-corrected chi connectivity index (χ4v) is 2.96. The second-order valence-corrected chi connectivity index (χ2v) is 8.00. The van der Waals surface area contributed by atoms with Crippen LogP contribution in [0.3, 0.4) is 0 Å². The van der Waals surface area contributed by atoms with Gasteiger partial charge in [-0.25, -0.2) is 4.79 Å². The maximum atomic E-state index is 13.1. The minimum absolute atomic E-state index is 0.00161. The van der Waals surface area contributed by atoms with Crippen molar-refractivity contribution in [2.24, 2.45) is 0 Å². The zero-order valence-corrected chi connectivity index (χ0v) is 16.8. The Morgan fingerprint density at radius 3 is 2.28 bits per heavy atom. The van der Waals surface area contributed by atoms with Crippen molar-refractivity contribution in [2.45, 2.75) is 70.8 Å². The Bertz CT molecular complexity index is 723. The highest BCUT2D eigenvalue weighted by Gasteiger charge is 2.31. The summed E-state index contributed by atoms with van der Waals surface area (Å²) in [7, 11) is 0. The van der Waals surface area contributed by atoms with Gasteiger partial charge in [0.2, 0.25) is 5.91 Å². The van der Waals surface area contributed by atoms with Gasteiger partial charge in [0.25, 0.3) is 0 Å². The first-order valence-corrected chi connectivity index (χ1v) is 9.57. The van der Waals surface area contributed by atoms with Gasteiger partial charge < -0.3 is 14.8 Å². The fraction of sp³-hybridized carbons (Fsp3) is 0.600. The molecule has 29 heavy (non-hydrogen) atoms. The maximum Gasteiger partial charge on any atom is 0.416 e. The molecule has 0 atom stereocenters. The van der Waals surface area contributed by atoms with Gasteiger partial charge in [-0.15, -0.1) is 0 Å². The standard InChI is InChI=1S/C20H27F3N2O4/c1-19(2,3)29-18(27)25-15-10-9-13(20(21,22)23)11-16(15)24-17(26)12-28-14-7-5-4-6-8-14/h9-11,14H,4-8,12H2,1-3H3,(H,24,26)(H,25,27). The topological polar surface area (TPSA) is 76.7 Å². The third-order valence-electron chi connectivity index (χ3n) is 4.26. The average molecular weight is 416 g/mol. The van der Waals surface area contributed by atoms with Crippen LogP contribution in [-0.2, 0) is 20.4 Å². The molecule has 1 aliphatic carbocycles. The van der Waals surface area contributed by atoms with E-state index in [1.165, 1.54) is 0 Å². The normalized spacial score (nSPS) is 15.7. The Morgan fingerprint density at radius 2 is 1.69 bits per heavy atom. The van der Waals surface area contributed by atoms with Gasteiger partial charge >= 0.3 is 12.3 Å². The third kappa shape index (κ3) is 7.92. The molecule has 2 N–H and O–H groups in total. The molecule has 0 radical (unpaired) electrons. The van der Waals surface area contributed by atoms with Crippen LogP contribution in [-0.4, -0.2) is 30.3 Å². The van der Waals surface area contributed by atoms with Crippen molar-refractivity contribution in [2.75, 3.05) is 17.2 Å². The molecule has 162 valence electrons. The second kappa shape index (κ2) is 9.47. The fourth-order valence-electron chi connectivity index (χ4n) is 2.96. The zero-order valence-electron chi connectivity index (χ0n) is 16.8. The number of anilines is 2. The summed E-state index contributed by atoms with van der Waals surface area (Å²) in [5, 5.41) is 4.77. The molecule has 0 aromatic heterocycles. The molecule has 0 saturated heterocycles. The molecule has 0 spiro atoms. The van der Waals surface area contributed by atoms with Crippen molar-refractivity contribution in [1.82, 2.24) is 0 Å². The maximum absolute atomic E-state index is 13.1. The Labute approximate surface area is 168 Å². The van der Waals surface area contributed by atoms with Gasteiger partial charge in [0.1, 0.15) is 12.2 Å². The van der Waals surface area contributed by atoms with Crippen LogP contribution in [0.5, 0.6) is 0 Å². The number of hydrogen-bond acceptors (Lipinski definition) is 4. The van der Waals surface area contributed by atoms with Gasteiger partial charge in [-0.1, -0.05) is 19.3 Å². The van der Waals surface area contributed by atoms with Crippen LogP contribution in [0.4, 0.5) is 29.3 Å². The molecule has 0 aliphatic heterocycles. The van der Waals surface area contributed by atoms with Crippen LogP contribution in [0.25, 0.3) is 0 Å². The van der Waals surface area contributed by atoms with E-state index in [1.54, 1.807) is 20.8 Å². The van der Waals surface area contributed by atoms with Crippen molar-refractivity contribution in [3.8, 4) is 0 Å². The molecule has 9 heteroatoms. The minimum atomic E-state index is -4.59. The number of alkyl halides is 3. The smallest absolute Gasteiger partial charge is 0.416 e. The Hall–Kier alpha value is -2.29. The number of hydrogen-bond donors (Lipinski definition) is 2. The van der Waals surface area contributed by atoms with Crippen molar-refractivity contribution in [3.05, 3.63) is 23.8 Å². The molecule has 2 rings (SSSR count). The molecule has 6 nitrogen and oxygen atoms in total. The van der Waals surface area contributed by atoms with Gasteiger partial charge in [-0.05, 0) is 51.8 Å². The minimum Gasteiger partial charge on any atom is -0.444 e. The molecular weight excluding hydrogens is 389 g/mol. The van der Waals surface area contributed by atoms with E-state index in [0.717, 1.165) is 50.3 Å².